The summed E-state index contributed by atoms with van der Waals surface area (Å²) in [5.74, 6) is 0.538. The zero-order chi connectivity index (χ0) is 10.4. The van der Waals surface area contributed by atoms with E-state index >= 15 is 0 Å². The Morgan fingerprint density at radius 1 is 1.36 bits per heavy atom. The van der Waals surface area contributed by atoms with E-state index < -0.39 is 7.60 Å². The maximum absolute atomic E-state index is 11.6. The van der Waals surface area contributed by atoms with Gasteiger partial charge in [-0.15, -0.1) is 0 Å². The van der Waals surface area contributed by atoms with Gasteiger partial charge in [0.15, 0.2) is 0 Å². The van der Waals surface area contributed by atoms with Gasteiger partial charge < -0.3 is 4.52 Å². The molecule has 0 saturated carbocycles. The van der Waals surface area contributed by atoms with E-state index in [0.717, 1.165) is 0 Å². The third-order valence-electron chi connectivity index (χ3n) is 1.39. The molecule has 1 aromatic rings. The van der Waals surface area contributed by atoms with Crippen molar-refractivity contribution >= 4 is 7.60 Å². The van der Waals surface area contributed by atoms with Crippen LogP contribution in [-0.2, 0) is 9.19 Å². The second-order valence-corrected chi connectivity index (χ2v) is 4.67. The molecule has 0 aromatic heterocycles. The lowest BCUT2D eigenvalue weighted by Gasteiger charge is -2.14. The highest BCUT2D eigenvalue weighted by molar-refractivity contribution is 7.53. The minimum absolute atomic E-state index is 0.538. The highest BCUT2D eigenvalue weighted by Gasteiger charge is 2.18. The van der Waals surface area contributed by atoms with Crippen LogP contribution in [0.25, 0.3) is 0 Å². The van der Waals surface area contributed by atoms with Crippen LogP contribution in [-0.4, -0.2) is 13.2 Å². The molecule has 1 N–H and O–H groups in total. The summed E-state index contributed by atoms with van der Waals surface area (Å²) in [4.78, 5) is 0. The molecule has 0 bridgehead atoms. The monoisotopic (exact) mass is 215 g/mol. The Hall–Kier alpha value is -0.830. The Kier molecular flexibility index (Phi) is 4.14. The van der Waals surface area contributed by atoms with Gasteiger partial charge in [-0.1, -0.05) is 25.1 Å². The predicted octanol–water partition coefficient (Wildman–Crippen LogP) is 2.43. The molecule has 1 aromatic carbocycles. The van der Waals surface area contributed by atoms with Crippen LogP contribution in [0, 0.1) is 0 Å². The molecule has 5 heteroatoms. The Morgan fingerprint density at radius 2 is 2.00 bits per heavy atom. The molecule has 0 spiro atoms. The molecule has 0 saturated heterocycles. The first kappa shape index (κ1) is 11.2. The lowest BCUT2D eigenvalue weighted by molar-refractivity contribution is 0.178. The molecule has 0 aliphatic heterocycles. The Bertz CT molecular complexity index is 315. The van der Waals surface area contributed by atoms with Crippen LogP contribution in [0.5, 0.6) is 5.75 Å². The highest BCUT2D eigenvalue weighted by atomic mass is 31.2. The van der Waals surface area contributed by atoms with Crippen molar-refractivity contribution in [2.24, 2.45) is 0 Å². The molecule has 4 nitrogen and oxygen atoms in total. The van der Waals surface area contributed by atoms with Crippen molar-refractivity contribution in [2.75, 3.05) is 13.2 Å². The molecule has 0 fully saturated rings. The first-order valence-corrected chi connectivity index (χ1v) is 6.36. The number of hydroxylamine groups is 1. The highest BCUT2D eigenvalue weighted by Crippen LogP contribution is 2.42. The molecule has 1 rings (SSSR count). The third-order valence-corrected chi connectivity index (χ3v) is 2.39. The second kappa shape index (κ2) is 5.15. The molecule has 1 atom stereocenters. The van der Waals surface area contributed by atoms with Gasteiger partial charge in [0.1, 0.15) is 5.75 Å². The molecule has 0 aliphatic carbocycles. The minimum atomic E-state index is -3.04. The van der Waals surface area contributed by atoms with Gasteiger partial charge in [0.25, 0.3) is 0 Å². The van der Waals surface area contributed by atoms with Gasteiger partial charge in [0, 0.05) is 6.54 Å². The lowest BCUT2D eigenvalue weighted by Crippen LogP contribution is -2.13. The average molecular weight is 215 g/mol. The molecular formula is C9H14NO3P. The first-order chi connectivity index (χ1) is 6.64. The standard InChI is InChI=1S/C9H14NO3P/c1-3-10-13-14(2,11)12-9-7-5-4-6-8-9/h4-8,10H,3H2,1-2H3. The van der Waals surface area contributed by atoms with Crippen LogP contribution in [0.3, 0.4) is 0 Å². The van der Waals surface area contributed by atoms with Gasteiger partial charge in [-0.2, -0.15) is 5.48 Å². The topological polar surface area (TPSA) is 47.6 Å². The van der Waals surface area contributed by atoms with Crippen molar-refractivity contribution in [2.45, 2.75) is 6.92 Å². The van der Waals surface area contributed by atoms with Crippen LogP contribution in [0.1, 0.15) is 6.92 Å². The van der Waals surface area contributed by atoms with Gasteiger partial charge in [-0.25, -0.2) is 9.19 Å². The van der Waals surface area contributed by atoms with Gasteiger partial charge in [-0.05, 0) is 12.1 Å². The largest absolute Gasteiger partial charge is 0.424 e. The summed E-state index contributed by atoms with van der Waals surface area (Å²) in [6.07, 6.45) is 0. The van der Waals surface area contributed by atoms with E-state index in [1.807, 2.05) is 25.1 Å². The minimum Gasteiger partial charge on any atom is -0.424 e. The number of rotatable bonds is 5. The second-order valence-electron chi connectivity index (χ2n) is 2.76. The van der Waals surface area contributed by atoms with E-state index in [1.165, 1.54) is 6.66 Å². The number of benzene rings is 1. The fourth-order valence-electron chi connectivity index (χ4n) is 0.873. The van der Waals surface area contributed by atoms with Crippen molar-refractivity contribution in [1.29, 1.82) is 0 Å². The molecule has 0 amide bonds. The van der Waals surface area contributed by atoms with E-state index in [0.29, 0.717) is 12.3 Å². The third kappa shape index (κ3) is 3.92. The van der Waals surface area contributed by atoms with Gasteiger partial charge in [0.2, 0.25) is 0 Å². The average Bonchev–Trinajstić information content (AvgIpc) is 2.16. The molecule has 1 unspecified atom stereocenters. The number of nitrogens with one attached hydrogen (secondary N) is 1. The summed E-state index contributed by atoms with van der Waals surface area (Å²) in [5, 5.41) is 0. The van der Waals surface area contributed by atoms with Crippen molar-refractivity contribution in [3.8, 4) is 5.75 Å². The summed E-state index contributed by atoms with van der Waals surface area (Å²) in [7, 11) is -3.04. The van der Waals surface area contributed by atoms with Crippen molar-refractivity contribution < 1.29 is 13.7 Å². The van der Waals surface area contributed by atoms with E-state index in [9.17, 15) is 4.57 Å². The first-order valence-electron chi connectivity index (χ1n) is 4.37. The zero-order valence-electron chi connectivity index (χ0n) is 8.27. The summed E-state index contributed by atoms with van der Waals surface area (Å²) >= 11 is 0. The summed E-state index contributed by atoms with van der Waals surface area (Å²) in [6, 6.07) is 8.93. The fourth-order valence-corrected chi connectivity index (χ4v) is 1.78. The molecule has 78 valence electrons. The number of hydrogen-bond acceptors (Lipinski definition) is 4. The van der Waals surface area contributed by atoms with Crippen LogP contribution in [0.2, 0.25) is 0 Å². The van der Waals surface area contributed by atoms with Crippen LogP contribution in [0.4, 0.5) is 0 Å². The van der Waals surface area contributed by atoms with Gasteiger partial charge in [-0.3, -0.25) is 0 Å². The van der Waals surface area contributed by atoms with E-state index in [2.05, 4.69) is 5.48 Å². The molecule has 0 radical (unpaired) electrons. The Balaban J connectivity index is 2.55. The van der Waals surface area contributed by atoms with Crippen LogP contribution in [0.15, 0.2) is 30.3 Å². The normalized spacial score (nSPS) is 14.7. The quantitative estimate of drug-likeness (QED) is 0.605. The maximum Gasteiger partial charge on any atom is 0.392 e. The molecular weight excluding hydrogens is 201 g/mol. The maximum atomic E-state index is 11.6. The summed E-state index contributed by atoms with van der Waals surface area (Å²) in [6.45, 7) is 3.85. The van der Waals surface area contributed by atoms with E-state index in [1.54, 1.807) is 12.1 Å². The number of para-hydroxylation sites is 1. The van der Waals surface area contributed by atoms with Crippen molar-refractivity contribution in [1.82, 2.24) is 5.48 Å². The van der Waals surface area contributed by atoms with E-state index in [4.69, 9.17) is 9.15 Å². The van der Waals surface area contributed by atoms with Crippen molar-refractivity contribution in [3.05, 3.63) is 30.3 Å². The SMILES string of the molecule is CCNOP(C)(=O)Oc1ccccc1. The van der Waals surface area contributed by atoms with Crippen LogP contribution >= 0.6 is 7.60 Å². The predicted molar refractivity (Wildman–Crippen MR) is 55.4 cm³/mol. The molecule has 0 heterocycles. The van der Waals surface area contributed by atoms with Crippen molar-refractivity contribution in [3.63, 3.8) is 0 Å². The molecule has 14 heavy (non-hydrogen) atoms. The molecule has 0 aliphatic rings. The fraction of sp³-hybridized carbons (Fsp3) is 0.333. The lowest BCUT2D eigenvalue weighted by atomic mass is 10.3. The number of hydrogen-bond donors (Lipinski definition) is 1. The summed E-state index contributed by atoms with van der Waals surface area (Å²) < 4.78 is 21.7. The zero-order valence-corrected chi connectivity index (χ0v) is 9.16. The summed E-state index contributed by atoms with van der Waals surface area (Å²) in [5.41, 5.74) is 2.52. The van der Waals surface area contributed by atoms with Crippen LogP contribution < -0.4 is 10.0 Å². The Morgan fingerprint density at radius 3 is 2.57 bits per heavy atom. The van der Waals surface area contributed by atoms with Gasteiger partial charge in [0.05, 0.1) is 6.66 Å². The Labute approximate surface area is 83.7 Å². The van der Waals surface area contributed by atoms with Gasteiger partial charge >= 0.3 is 7.60 Å². The smallest absolute Gasteiger partial charge is 0.392 e. The van der Waals surface area contributed by atoms with E-state index in [-0.39, 0.29) is 0 Å².